The minimum absolute atomic E-state index is 0.208. The number of aromatic nitrogens is 1. The van der Waals surface area contributed by atoms with Crippen molar-refractivity contribution in [1.29, 1.82) is 0 Å². The van der Waals surface area contributed by atoms with Crippen LogP contribution in [0.1, 0.15) is 41.7 Å². The molecule has 0 saturated heterocycles. The molecule has 1 heterocycles. The second kappa shape index (κ2) is 6.43. The number of fused-ring (bicyclic) bond motifs is 1. The smallest absolute Gasteiger partial charge is 0.162 e. The molecule has 3 heteroatoms. The van der Waals surface area contributed by atoms with Crippen LogP contribution in [-0.2, 0) is 0 Å². The molecule has 0 atom stereocenters. The van der Waals surface area contributed by atoms with Crippen LogP contribution in [0.3, 0.4) is 0 Å². The molecule has 2 rings (SSSR count). The van der Waals surface area contributed by atoms with E-state index in [-0.39, 0.29) is 5.78 Å². The van der Waals surface area contributed by atoms with Gasteiger partial charge in [0.2, 0.25) is 0 Å². The highest BCUT2D eigenvalue weighted by atomic mass is 16.1. The van der Waals surface area contributed by atoms with Gasteiger partial charge in [0.1, 0.15) is 0 Å². The lowest BCUT2D eigenvalue weighted by atomic mass is 10.0. The lowest BCUT2D eigenvalue weighted by Gasteiger charge is -2.04. The van der Waals surface area contributed by atoms with Gasteiger partial charge in [-0.25, -0.2) is 0 Å². The third kappa shape index (κ3) is 3.61. The fraction of sp³-hybridized carbons (Fsp3) is 0.375. The zero-order valence-corrected chi connectivity index (χ0v) is 11.4. The number of hydrogen-bond donors (Lipinski definition) is 1. The van der Waals surface area contributed by atoms with Gasteiger partial charge in [0, 0.05) is 23.1 Å². The third-order valence-electron chi connectivity index (χ3n) is 3.26. The van der Waals surface area contributed by atoms with Crippen LogP contribution in [0.15, 0.2) is 30.3 Å². The first-order valence-corrected chi connectivity index (χ1v) is 6.81. The van der Waals surface area contributed by atoms with Crippen LogP contribution in [0.2, 0.25) is 0 Å². The van der Waals surface area contributed by atoms with Crippen molar-refractivity contribution in [1.82, 2.24) is 4.98 Å². The van der Waals surface area contributed by atoms with E-state index in [1.807, 2.05) is 37.3 Å². The SMILES string of the molecule is Cc1ccc2cc(C(=O)CCCCCN)ccc2n1. The van der Waals surface area contributed by atoms with Gasteiger partial charge < -0.3 is 5.73 Å². The predicted octanol–water partition coefficient (Wildman–Crippen LogP) is 3.25. The van der Waals surface area contributed by atoms with E-state index >= 15 is 0 Å². The van der Waals surface area contributed by atoms with Gasteiger partial charge in [-0.3, -0.25) is 9.78 Å². The number of Topliss-reactive ketones (excluding diaryl/α,β-unsaturated/α-hetero) is 1. The summed E-state index contributed by atoms with van der Waals surface area (Å²) in [6.45, 7) is 2.67. The topological polar surface area (TPSA) is 56.0 Å². The number of benzene rings is 1. The molecule has 3 nitrogen and oxygen atoms in total. The van der Waals surface area contributed by atoms with Crippen molar-refractivity contribution in [3.63, 3.8) is 0 Å². The van der Waals surface area contributed by atoms with E-state index in [4.69, 9.17) is 5.73 Å². The summed E-state index contributed by atoms with van der Waals surface area (Å²) in [5, 5.41) is 1.03. The summed E-state index contributed by atoms with van der Waals surface area (Å²) in [6, 6.07) is 9.73. The number of pyridine rings is 1. The number of rotatable bonds is 6. The second-order valence-corrected chi connectivity index (χ2v) is 4.88. The van der Waals surface area contributed by atoms with Gasteiger partial charge in [-0.15, -0.1) is 0 Å². The lowest BCUT2D eigenvalue weighted by Crippen LogP contribution is -2.01. The Morgan fingerprint density at radius 3 is 2.79 bits per heavy atom. The van der Waals surface area contributed by atoms with Crippen molar-refractivity contribution in [2.75, 3.05) is 6.54 Å². The molecule has 0 spiro atoms. The van der Waals surface area contributed by atoms with Crippen molar-refractivity contribution in [2.45, 2.75) is 32.6 Å². The van der Waals surface area contributed by atoms with Crippen LogP contribution in [0.4, 0.5) is 0 Å². The Labute approximate surface area is 113 Å². The van der Waals surface area contributed by atoms with Gasteiger partial charge in [-0.1, -0.05) is 12.5 Å². The van der Waals surface area contributed by atoms with Crippen LogP contribution in [0, 0.1) is 6.92 Å². The number of nitrogens with zero attached hydrogens (tertiary/aromatic N) is 1. The molecular formula is C16H20N2O. The first kappa shape index (κ1) is 13.7. The fourth-order valence-corrected chi connectivity index (χ4v) is 2.15. The Bertz CT molecular complexity index is 578. The number of unbranched alkanes of at least 4 members (excludes halogenated alkanes) is 2. The molecule has 0 radical (unpaired) electrons. The number of aryl methyl sites for hydroxylation is 1. The molecule has 0 aliphatic heterocycles. The van der Waals surface area contributed by atoms with Gasteiger partial charge in [0.25, 0.3) is 0 Å². The third-order valence-corrected chi connectivity index (χ3v) is 3.26. The summed E-state index contributed by atoms with van der Waals surface area (Å²) in [5.74, 6) is 0.208. The Morgan fingerprint density at radius 1 is 1.16 bits per heavy atom. The minimum atomic E-state index is 0.208. The average molecular weight is 256 g/mol. The van der Waals surface area contributed by atoms with E-state index in [0.29, 0.717) is 13.0 Å². The summed E-state index contributed by atoms with van der Waals surface area (Å²) in [6.07, 6.45) is 3.54. The van der Waals surface area contributed by atoms with Gasteiger partial charge >= 0.3 is 0 Å². The number of carbonyl (C=O) groups excluding carboxylic acids is 1. The van der Waals surface area contributed by atoms with Crippen LogP contribution in [0.5, 0.6) is 0 Å². The molecule has 0 unspecified atom stereocenters. The molecule has 0 bridgehead atoms. The standard InChI is InChI=1S/C16H20N2O/c1-12-6-7-13-11-14(8-9-15(13)18-12)16(19)5-3-2-4-10-17/h6-9,11H,2-5,10,17H2,1H3. The first-order valence-electron chi connectivity index (χ1n) is 6.81. The summed E-state index contributed by atoms with van der Waals surface area (Å²) in [7, 11) is 0. The van der Waals surface area contributed by atoms with Crippen molar-refractivity contribution < 1.29 is 4.79 Å². The first-order chi connectivity index (χ1) is 9.20. The maximum atomic E-state index is 12.1. The van der Waals surface area contributed by atoms with Crippen LogP contribution >= 0.6 is 0 Å². The zero-order valence-electron chi connectivity index (χ0n) is 11.4. The zero-order chi connectivity index (χ0) is 13.7. The number of carbonyl (C=O) groups is 1. The average Bonchev–Trinajstić information content (AvgIpc) is 2.42. The molecule has 2 aromatic rings. The predicted molar refractivity (Wildman–Crippen MR) is 78.3 cm³/mol. The Hall–Kier alpha value is -1.74. The van der Waals surface area contributed by atoms with E-state index in [1.165, 1.54) is 0 Å². The molecule has 1 aromatic heterocycles. The molecule has 1 aromatic carbocycles. The van der Waals surface area contributed by atoms with Gasteiger partial charge in [0.05, 0.1) is 5.52 Å². The number of hydrogen-bond acceptors (Lipinski definition) is 3. The molecular weight excluding hydrogens is 236 g/mol. The summed E-state index contributed by atoms with van der Waals surface area (Å²) in [5.41, 5.74) is 8.16. The normalized spacial score (nSPS) is 10.8. The molecule has 19 heavy (non-hydrogen) atoms. The second-order valence-electron chi connectivity index (χ2n) is 4.88. The van der Waals surface area contributed by atoms with Crippen LogP contribution < -0.4 is 5.73 Å². The Kier molecular flexibility index (Phi) is 4.63. The van der Waals surface area contributed by atoms with Crippen LogP contribution in [-0.4, -0.2) is 17.3 Å². The quantitative estimate of drug-likeness (QED) is 0.637. The summed E-state index contributed by atoms with van der Waals surface area (Å²) < 4.78 is 0. The monoisotopic (exact) mass is 256 g/mol. The van der Waals surface area contributed by atoms with E-state index in [9.17, 15) is 4.79 Å². The molecule has 100 valence electrons. The Balaban J connectivity index is 2.08. The van der Waals surface area contributed by atoms with Gasteiger partial charge in [-0.05, 0) is 50.6 Å². The lowest BCUT2D eigenvalue weighted by molar-refractivity contribution is 0.0979. The molecule has 0 amide bonds. The van der Waals surface area contributed by atoms with Gasteiger partial charge in [0.15, 0.2) is 5.78 Å². The molecule has 0 aliphatic carbocycles. The molecule has 0 fully saturated rings. The van der Waals surface area contributed by atoms with E-state index in [2.05, 4.69) is 4.98 Å². The maximum absolute atomic E-state index is 12.1. The number of nitrogens with two attached hydrogens (primary N) is 1. The minimum Gasteiger partial charge on any atom is -0.330 e. The highest BCUT2D eigenvalue weighted by Crippen LogP contribution is 2.16. The molecule has 2 N–H and O–H groups in total. The molecule has 0 aliphatic rings. The highest BCUT2D eigenvalue weighted by molar-refractivity contribution is 5.99. The van der Waals surface area contributed by atoms with E-state index < -0.39 is 0 Å². The summed E-state index contributed by atoms with van der Waals surface area (Å²) >= 11 is 0. The Morgan fingerprint density at radius 2 is 2.00 bits per heavy atom. The molecule has 0 saturated carbocycles. The van der Waals surface area contributed by atoms with Crippen molar-refractivity contribution in [3.8, 4) is 0 Å². The summed E-state index contributed by atoms with van der Waals surface area (Å²) in [4.78, 5) is 16.5. The van der Waals surface area contributed by atoms with E-state index in [1.54, 1.807) is 0 Å². The van der Waals surface area contributed by atoms with Crippen molar-refractivity contribution in [3.05, 3.63) is 41.6 Å². The highest BCUT2D eigenvalue weighted by Gasteiger charge is 2.06. The van der Waals surface area contributed by atoms with Gasteiger partial charge in [-0.2, -0.15) is 0 Å². The van der Waals surface area contributed by atoms with E-state index in [0.717, 1.165) is 41.4 Å². The maximum Gasteiger partial charge on any atom is 0.162 e. The largest absolute Gasteiger partial charge is 0.330 e. The van der Waals surface area contributed by atoms with Crippen molar-refractivity contribution >= 4 is 16.7 Å². The van der Waals surface area contributed by atoms with Crippen LogP contribution in [0.25, 0.3) is 10.9 Å². The van der Waals surface area contributed by atoms with Crippen molar-refractivity contribution in [2.24, 2.45) is 5.73 Å². The number of ketones is 1. The fourth-order valence-electron chi connectivity index (χ4n) is 2.15.